The second-order valence-electron chi connectivity index (χ2n) is 5.38. The first-order valence-corrected chi connectivity index (χ1v) is 7.48. The molecule has 0 atom stereocenters. The Balaban J connectivity index is 2.55. The molecular formula is C16H28N2O2. The lowest BCUT2D eigenvalue weighted by Gasteiger charge is -2.11. The van der Waals surface area contributed by atoms with Crippen LogP contribution in [-0.4, -0.2) is 31.9 Å². The van der Waals surface area contributed by atoms with E-state index in [1.54, 1.807) is 7.11 Å². The van der Waals surface area contributed by atoms with Gasteiger partial charge in [0.1, 0.15) is 0 Å². The molecule has 0 bridgehead atoms. The Morgan fingerprint density at radius 3 is 2.70 bits per heavy atom. The van der Waals surface area contributed by atoms with E-state index in [0.29, 0.717) is 12.5 Å². The monoisotopic (exact) mass is 280 g/mol. The van der Waals surface area contributed by atoms with Gasteiger partial charge in [0, 0.05) is 38.4 Å². The van der Waals surface area contributed by atoms with Gasteiger partial charge >= 0.3 is 0 Å². The van der Waals surface area contributed by atoms with Crippen molar-refractivity contribution in [3.8, 4) is 5.88 Å². The van der Waals surface area contributed by atoms with Gasteiger partial charge in [0.25, 0.3) is 0 Å². The van der Waals surface area contributed by atoms with E-state index in [1.165, 1.54) is 5.56 Å². The summed E-state index contributed by atoms with van der Waals surface area (Å²) in [4.78, 5) is 4.50. The number of nitrogens with one attached hydrogen (secondary N) is 1. The minimum atomic E-state index is 0.646. The van der Waals surface area contributed by atoms with Crippen LogP contribution in [-0.2, 0) is 17.7 Å². The first kappa shape index (κ1) is 16.9. The highest BCUT2D eigenvalue weighted by molar-refractivity contribution is 5.25. The van der Waals surface area contributed by atoms with Gasteiger partial charge in [-0.25, -0.2) is 4.98 Å². The predicted octanol–water partition coefficient (Wildman–Crippen LogP) is 2.80. The molecule has 0 aromatic carbocycles. The van der Waals surface area contributed by atoms with Gasteiger partial charge in [-0.2, -0.15) is 0 Å². The van der Waals surface area contributed by atoms with E-state index in [0.717, 1.165) is 44.1 Å². The maximum Gasteiger partial charge on any atom is 0.213 e. The van der Waals surface area contributed by atoms with E-state index in [2.05, 4.69) is 37.1 Å². The van der Waals surface area contributed by atoms with Crippen molar-refractivity contribution in [1.29, 1.82) is 0 Å². The molecule has 0 aliphatic carbocycles. The van der Waals surface area contributed by atoms with Crippen molar-refractivity contribution >= 4 is 0 Å². The third-order valence-electron chi connectivity index (χ3n) is 2.90. The highest BCUT2D eigenvalue weighted by Gasteiger charge is 2.03. The number of aryl methyl sites for hydroxylation is 1. The summed E-state index contributed by atoms with van der Waals surface area (Å²) in [7, 11) is 1.70. The van der Waals surface area contributed by atoms with Crippen molar-refractivity contribution < 1.29 is 9.47 Å². The summed E-state index contributed by atoms with van der Waals surface area (Å²) in [5, 5.41) is 3.45. The van der Waals surface area contributed by atoms with Gasteiger partial charge in [-0.1, -0.05) is 20.8 Å². The SMILES string of the molecule is CCc1cc(CNCC(C)C)cc(OCCCOC)n1. The van der Waals surface area contributed by atoms with Crippen molar-refractivity contribution in [2.75, 3.05) is 26.9 Å². The minimum absolute atomic E-state index is 0.646. The molecule has 4 heteroatoms. The summed E-state index contributed by atoms with van der Waals surface area (Å²) >= 11 is 0. The molecule has 0 aliphatic heterocycles. The van der Waals surface area contributed by atoms with Gasteiger partial charge in [-0.05, 0) is 30.5 Å². The first-order chi connectivity index (χ1) is 9.65. The van der Waals surface area contributed by atoms with E-state index >= 15 is 0 Å². The number of hydrogen-bond acceptors (Lipinski definition) is 4. The Morgan fingerprint density at radius 2 is 2.05 bits per heavy atom. The maximum atomic E-state index is 5.70. The molecule has 0 aliphatic rings. The molecule has 114 valence electrons. The van der Waals surface area contributed by atoms with E-state index in [9.17, 15) is 0 Å². The summed E-state index contributed by atoms with van der Waals surface area (Å²) in [6, 6.07) is 4.18. The molecule has 1 aromatic rings. The van der Waals surface area contributed by atoms with Gasteiger partial charge in [-0.3, -0.25) is 0 Å². The lowest BCUT2D eigenvalue weighted by Crippen LogP contribution is -2.19. The summed E-state index contributed by atoms with van der Waals surface area (Å²) in [6.45, 7) is 9.78. The van der Waals surface area contributed by atoms with Gasteiger partial charge in [0.15, 0.2) is 0 Å². The quantitative estimate of drug-likeness (QED) is 0.669. The Kier molecular flexibility index (Phi) is 8.23. The number of pyridine rings is 1. The number of aromatic nitrogens is 1. The number of methoxy groups -OCH3 is 1. The minimum Gasteiger partial charge on any atom is -0.478 e. The van der Waals surface area contributed by atoms with E-state index in [4.69, 9.17) is 9.47 Å². The molecule has 4 nitrogen and oxygen atoms in total. The smallest absolute Gasteiger partial charge is 0.213 e. The molecule has 0 saturated carbocycles. The van der Waals surface area contributed by atoms with E-state index < -0.39 is 0 Å². The Hall–Kier alpha value is -1.13. The molecule has 0 amide bonds. The summed E-state index contributed by atoms with van der Waals surface area (Å²) in [6.07, 6.45) is 1.81. The summed E-state index contributed by atoms with van der Waals surface area (Å²) in [5.41, 5.74) is 2.31. The Labute approximate surface area is 122 Å². The number of nitrogens with zero attached hydrogens (tertiary/aromatic N) is 1. The summed E-state index contributed by atoms with van der Waals surface area (Å²) in [5.74, 6) is 1.38. The van der Waals surface area contributed by atoms with Crippen LogP contribution in [0.3, 0.4) is 0 Å². The molecule has 0 unspecified atom stereocenters. The molecule has 0 spiro atoms. The fourth-order valence-electron chi connectivity index (χ4n) is 1.86. The molecule has 0 radical (unpaired) electrons. The topological polar surface area (TPSA) is 43.4 Å². The normalized spacial score (nSPS) is 11.1. The third-order valence-corrected chi connectivity index (χ3v) is 2.90. The zero-order valence-electron chi connectivity index (χ0n) is 13.2. The third kappa shape index (κ3) is 6.87. The lowest BCUT2D eigenvalue weighted by molar-refractivity contribution is 0.170. The van der Waals surface area contributed by atoms with Gasteiger partial charge in [0.2, 0.25) is 5.88 Å². The van der Waals surface area contributed by atoms with Crippen molar-refractivity contribution in [2.24, 2.45) is 5.92 Å². The molecule has 1 rings (SSSR count). The second-order valence-corrected chi connectivity index (χ2v) is 5.38. The van der Waals surface area contributed by atoms with Gasteiger partial charge < -0.3 is 14.8 Å². The standard InChI is InChI=1S/C16H28N2O2/c1-5-15-9-14(12-17-11-13(2)3)10-16(18-15)20-8-6-7-19-4/h9-10,13,17H,5-8,11-12H2,1-4H3. The zero-order valence-corrected chi connectivity index (χ0v) is 13.2. The van der Waals surface area contributed by atoms with E-state index in [1.807, 2.05) is 6.07 Å². The fraction of sp³-hybridized carbons (Fsp3) is 0.688. The van der Waals surface area contributed by atoms with Crippen LogP contribution in [0.1, 0.15) is 38.4 Å². The zero-order chi connectivity index (χ0) is 14.8. The largest absolute Gasteiger partial charge is 0.478 e. The maximum absolute atomic E-state index is 5.70. The predicted molar refractivity (Wildman–Crippen MR) is 82.1 cm³/mol. The average molecular weight is 280 g/mol. The second kappa shape index (κ2) is 9.72. The molecule has 0 fully saturated rings. The lowest BCUT2D eigenvalue weighted by atomic mass is 10.2. The van der Waals surface area contributed by atoms with Crippen molar-refractivity contribution in [2.45, 2.75) is 40.2 Å². The Morgan fingerprint density at radius 1 is 1.25 bits per heavy atom. The van der Waals surface area contributed by atoms with Crippen LogP contribution in [0.15, 0.2) is 12.1 Å². The van der Waals surface area contributed by atoms with Crippen LogP contribution in [0.4, 0.5) is 0 Å². The average Bonchev–Trinajstić information content (AvgIpc) is 2.43. The molecule has 1 N–H and O–H groups in total. The number of rotatable bonds is 10. The van der Waals surface area contributed by atoms with Crippen LogP contribution >= 0.6 is 0 Å². The van der Waals surface area contributed by atoms with Gasteiger partial charge in [-0.15, -0.1) is 0 Å². The molecule has 1 heterocycles. The fourth-order valence-corrected chi connectivity index (χ4v) is 1.86. The van der Waals surface area contributed by atoms with Crippen molar-refractivity contribution in [3.63, 3.8) is 0 Å². The summed E-state index contributed by atoms with van der Waals surface area (Å²) < 4.78 is 10.7. The molecule has 20 heavy (non-hydrogen) atoms. The van der Waals surface area contributed by atoms with Crippen LogP contribution < -0.4 is 10.1 Å². The number of ether oxygens (including phenoxy) is 2. The first-order valence-electron chi connectivity index (χ1n) is 7.48. The van der Waals surface area contributed by atoms with Gasteiger partial charge in [0.05, 0.1) is 6.61 Å². The van der Waals surface area contributed by atoms with Crippen LogP contribution in [0.5, 0.6) is 5.88 Å². The molecular weight excluding hydrogens is 252 g/mol. The highest BCUT2D eigenvalue weighted by Crippen LogP contribution is 2.14. The van der Waals surface area contributed by atoms with Crippen LogP contribution in [0.2, 0.25) is 0 Å². The molecule has 0 saturated heterocycles. The molecule has 1 aromatic heterocycles. The number of hydrogen-bond donors (Lipinski definition) is 1. The van der Waals surface area contributed by atoms with Crippen LogP contribution in [0.25, 0.3) is 0 Å². The van der Waals surface area contributed by atoms with Crippen LogP contribution in [0, 0.1) is 5.92 Å². The Bertz CT molecular complexity index is 381. The van der Waals surface area contributed by atoms with E-state index in [-0.39, 0.29) is 0 Å². The van der Waals surface area contributed by atoms with Crippen molar-refractivity contribution in [1.82, 2.24) is 10.3 Å². The van der Waals surface area contributed by atoms with Crippen molar-refractivity contribution in [3.05, 3.63) is 23.4 Å². The highest BCUT2D eigenvalue weighted by atomic mass is 16.5.